The Morgan fingerprint density at radius 1 is 1.23 bits per heavy atom. The molecule has 0 spiro atoms. The van der Waals surface area contributed by atoms with Crippen molar-refractivity contribution in [1.29, 1.82) is 0 Å². The van der Waals surface area contributed by atoms with Gasteiger partial charge in [-0.25, -0.2) is 0 Å². The van der Waals surface area contributed by atoms with E-state index < -0.39 is 5.54 Å². The van der Waals surface area contributed by atoms with Gasteiger partial charge in [-0.3, -0.25) is 9.59 Å². The molecule has 0 aromatic heterocycles. The van der Waals surface area contributed by atoms with Crippen molar-refractivity contribution in [2.75, 3.05) is 11.9 Å². The van der Waals surface area contributed by atoms with Crippen LogP contribution >= 0.6 is 39.1 Å². The second kappa shape index (κ2) is 7.59. The van der Waals surface area contributed by atoms with E-state index in [1.165, 1.54) is 0 Å². The van der Waals surface area contributed by atoms with Gasteiger partial charge >= 0.3 is 0 Å². The van der Waals surface area contributed by atoms with E-state index in [4.69, 9.17) is 23.2 Å². The maximum absolute atomic E-state index is 12.8. The number of rotatable bonds is 4. The third-order valence-electron chi connectivity index (χ3n) is 4.69. The van der Waals surface area contributed by atoms with Crippen molar-refractivity contribution in [2.45, 2.75) is 25.3 Å². The van der Waals surface area contributed by atoms with Crippen LogP contribution in [0, 0.1) is 0 Å². The highest BCUT2D eigenvalue weighted by Gasteiger charge is 2.49. The number of halogens is 3. The van der Waals surface area contributed by atoms with Gasteiger partial charge in [-0.15, -0.1) is 0 Å². The number of nitrogens with zero attached hydrogens (tertiary/aromatic N) is 1. The Labute approximate surface area is 170 Å². The molecule has 1 atom stereocenters. The summed E-state index contributed by atoms with van der Waals surface area (Å²) in [5.74, 6) is -0.337. The molecular weight excluding hydrogens is 439 g/mol. The van der Waals surface area contributed by atoms with Gasteiger partial charge in [0.05, 0.1) is 12.1 Å². The Kier molecular flexibility index (Phi) is 5.61. The number of carbonyl (C=O) groups excluding carboxylic acids is 2. The van der Waals surface area contributed by atoms with Crippen LogP contribution in [0.25, 0.3) is 0 Å². The molecule has 1 fully saturated rings. The molecule has 2 aromatic rings. The van der Waals surface area contributed by atoms with E-state index in [9.17, 15) is 9.59 Å². The first-order valence-corrected chi connectivity index (χ1v) is 9.66. The van der Waals surface area contributed by atoms with Crippen molar-refractivity contribution in [3.8, 4) is 0 Å². The minimum atomic E-state index is -0.870. The van der Waals surface area contributed by atoms with Crippen LogP contribution in [0.1, 0.15) is 18.9 Å². The number of hydrogen-bond acceptors (Lipinski definition) is 2. The minimum Gasteiger partial charge on any atom is -0.328 e. The van der Waals surface area contributed by atoms with Crippen molar-refractivity contribution in [2.24, 2.45) is 0 Å². The van der Waals surface area contributed by atoms with Gasteiger partial charge in [0, 0.05) is 21.1 Å². The fourth-order valence-electron chi connectivity index (χ4n) is 2.94. The van der Waals surface area contributed by atoms with Gasteiger partial charge in [-0.05, 0) is 59.1 Å². The van der Waals surface area contributed by atoms with Gasteiger partial charge in [-0.2, -0.15) is 0 Å². The zero-order chi connectivity index (χ0) is 18.9. The lowest BCUT2D eigenvalue weighted by Crippen LogP contribution is -2.66. The summed E-state index contributed by atoms with van der Waals surface area (Å²) in [5.41, 5.74) is 0.506. The smallest absolute Gasteiger partial charge is 0.250 e. The van der Waals surface area contributed by atoms with Gasteiger partial charge in [0.1, 0.15) is 5.54 Å². The zero-order valence-electron chi connectivity index (χ0n) is 14.1. The monoisotopic (exact) mass is 454 g/mol. The quantitative estimate of drug-likeness (QED) is 0.710. The highest BCUT2D eigenvalue weighted by atomic mass is 79.9. The van der Waals surface area contributed by atoms with Crippen LogP contribution in [0.2, 0.25) is 10.0 Å². The molecule has 1 heterocycles. The van der Waals surface area contributed by atoms with Crippen LogP contribution in [0.15, 0.2) is 46.9 Å². The highest BCUT2D eigenvalue weighted by molar-refractivity contribution is 9.10. The number of carbonyl (C=O) groups is 2. The van der Waals surface area contributed by atoms with Crippen molar-refractivity contribution >= 4 is 56.6 Å². The lowest BCUT2D eigenvalue weighted by atomic mass is 9.84. The first-order chi connectivity index (χ1) is 12.3. The number of nitrogens with one attached hydrogen (secondary N) is 1. The standard InChI is InChI=1S/C19H17BrCl2N2O2/c1-19(18(26)23-16-5-3-2-4-14(16)20)8-9-24(19)17(25)10-12-6-7-13(21)11-15(12)22/h2-7,11H,8-10H2,1H3,(H,23,26). The fraction of sp³-hybridized carbons (Fsp3) is 0.263. The second-order valence-electron chi connectivity index (χ2n) is 6.42. The predicted molar refractivity (Wildman–Crippen MR) is 108 cm³/mol. The Hall–Kier alpha value is -1.56. The van der Waals surface area contributed by atoms with Gasteiger partial charge in [0.15, 0.2) is 0 Å². The summed E-state index contributed by atoms with van der Waals surface area (Å²) < 4.78 is 0.794. The summed E-state index contributed by atoms with van der Waals surface area (Å²) in [5, 5.41) is 3.87. The van der Waals surface area contributed by atoms with Crippen LogP contribution in [0.3, 0.4) is 0 Å². The Bertz CT molecular complexity index is 874. The molecule has 1 saturated heterocycles. The number of anilines is 1. The molecule has 3 rings (SSSR count). The van der Waals surface area contributed by atoms with Gasteiger partial charge in [0.25, 0.3) is 0 Å². The van der Waals surface area contributed by atoms with E-state index in [1.54, 1.807) is 30.0 Å². The first kappa shape index (κ1) is 19.2. The summed E-state index contributed by atoms with van der Waals surface area (Å²) in [4.78, 5) is 27.1. The molecule has 0 bridgehead atoms. The zero-order valence-corrected chi connectivity index (χ0v) is 17.2. The van der Waals surface area contributed by atoms with Crippen molar-refractivity contribution < 1.29 is 9.59 Å². The lowest BCUT2D eigenvalue weighted by Gasteiger charge is -2.49. The highest BCUT2D eigenvalue weighted by Crippen LogP contribution is 2.34. The number of amides is 2. The third kappa shape index (κ3) is 3.75. The van der Waals surface area contributed by atoms with Crippen LogP contribution in [0.5, 0.6) is 0 Å². The number of hydrogen-bond donors (Lipinski definition) is 1. The molecule has 1 aliphatic rings. The van der Waals surface area contributed by atoms with Crippen LogP contribution < -0.4 is 5.32 Å². The molecule has 0 aliphatic carbocycles. The Morgan fingerprint density at radius 3 is 2.58 bits per heavy atom. The second-order valence-corrected chi connectivity index (χ2v) is 8.11. The average molecular weight is 456 g/mol. The largest absolute Gasteiger partial charge is 0.328 e. The molecule has 4 nitrogen and oxygen atoms in total. The van der Waals surface area contributed by atoms with Crippen molar-refractivity contribution in [1.82, 2.24) is 4.90 Å². The van der Waals surface area contributed by atoms with Crippen LogP contribution in [0.4, 0.5) is 5.69 Å². The van der Waals surface area contributed by atoms with Crippen LogP contribution in [-0.2, 0) is 16.0 Å². The van der Waals surface area contributed by atoms with E-state index >= 15 is 0 Å². The molecule has 7 heteroatoms. The molecule has 2 aromatic carbocycles. The molecule has 0 saturated carbocycles. The number of benzene rings is 2. The first-order valence-electron chi connectivity index (χ1n) is 8.11. The van der Waals surface area contributed by atoms with Gasteiger partial charge < -0.3 is 10.2 Å². The maximum atomic E-state index is 12.8. The summed E-state index contributed by atoms with van der Waals surface area (Å²) in [6, 6.07) is 12.4. The van der Waals surface area contributed by atoms with Crippen LogP contribution in [-0.4, -0.2) is 28.8 Å². The maximum Gasteiger partial charge on any atom is 0.250 e. The fourth-order valence-corrected chi connectivity index (χ4v) is 3.80. The lowest BCUT2D eigenvalue weighted by molar-refractivity contribution is -0.154. The molecule has 1 unspecified atom stereocenters. The Morgan fingerprint density at radius 2 is 1.96 bits per heavy atom. The minimum absolute atomic E-state index is 0.133. The van der Waals surface area contributed by atoms with E-state index in [0.717, 1.165) is 4.47 Å². The summed E-state index contributed by atoms with van der Waals surface area (Å²) in [6.45, 7) is 2.33. The van der Waals surface area contributed by atoms with Crippen molar-refractivity contribution in [3.63, 3.8) is 0 Å². The topological polar surface area (TPSA) is 49.4 Å². The number of likely N-dealkylation sites (tertiary alicyclic amines) is 1. The van der Waals surface area contributed by atoms with Gasteiger partial charge in [-0.1, -0.05) is 41.4 Å². The predicted octanol–water partition coefficient (Wildman–Crippen LogP) is 4.93. The summed E-state index contributed by atoms with van der Waals surface area (Å²) in [7, 11) is 0. The van der Waals surface area contributed by atoms with E-state index in [0.29, 0.717) is 34.3 Å². The summed E-state index contributed by atoms with van der Waals surface area (Å²) in [6.07, 6.45) is 0.747. The molecule has 2 amide bonds. The van der Waals surface area contributed by atoms with E-state index in [2.05, 4.69) is 21.2 Å². The molecule has 0 radical (unpaired) electrons. The van der Waals surface area contributed by atoms with Gasteiger partial charge in [0.2, 0.25) is 11.8 Å². The molecular formula is C19H17BrCl2N2O2. The number of para-hydroxylation sites is 1. The molecule has 1 aliphatic heterocycles. The molecule has 136 valence electrons. The van der Waals surface area contributed by atoms with Crippen molar-refractivity contribution in [3.05, 3.63) is 62.5 Å². The summed E-state index contributed by atoms with van der Waals surface area (Å²) >= 11 is 15.5. The van der Waals surface area contributed by atoms with E-state index in [1.807, 2.05) is 24.3 Å². The van der Waals surface area contributed by atoms with E-state index in [-0.39, 0.29) is 18.2 Å². The molecule has 1 N–H and O–H groups in total. The molecule has 26 heavy (non-hydrogen) atoms. The SMILES string of the molecule is CC1(C(=O)Nc2ccccc2Br)CCN1C(=O)Cc1ccc(Cl)cc1Cl. The Balaban J connectivity index is 1.71. The average Bonchev–Trinajstić information content (AvgIpc) is 2.57. The normalized spacial score (nSPS) is 19.0. The third-order valence-corrected chi connectivity index (χ3v) is 5.97.